The fourth-order valence-electron chi connectivity index (χ4n) is 2.86. The number of hydrogen-bond acceptors (Lipinski definition) is 8. The van der Waals surface area contributed by atoms with Crippen molar-refractivity contribution in [3.63, 3.8) is 0 Å². The lowest BCUT2D eigenvalue weighted by molar-refractivity contribution is -0.146. The molecule has 26 heavy (non-hydrogen) atoms. The zero-order chi connectivity index (χ0) is 18.8. The monoisotopic (exact) mass is 384 g/mol. The second-order valence-electron chi connectivity index (χ2n) is 6.14. The molecule has 2 heterocycles. The number of aromatic nitrogens is 1. The van der Waals surface area contributed by atoms with E-state index in [9.17, 15) is 30.0 Å². The lowest BCUT2D eigenvalue weighted by Gasteiger charge is -2.25. The van der Waals surface area contributed by atoms with Gasteiger partial charge in [0, 0.05) is 6.42 Å². The normalized spacial score (nSPS) is 29.5. The van der Waals surface area contributed by atoms with Crippen LogP contribution in [-0.2, 0) is 16.1 Å². The van der Waals surface area contributed by atoms with Crippen molar-refractivity contribution in [3.05, 3.63) is 34.6 Å². The van der Waals surface area contributed by atoms with Gasteiger partial charge >= 0.3 is 0 Å². The average Bonchev–Trinajstić information content (AvgIpc) is 2.88. The first-order chi connectivity index (χ1) is 12.4. The van der Waals surface area contributed by atoms with E-state index < -0.39 is 43.2 Å². The van der Waals surface area contributed by atoms with Gasteiger partial charge in [-0.15, -0.1) is 0 Å². The first kappa shape index (κ1) is 19.0. The van der Waals surface area contributed by atoms with Gasteiger partial charge < -0.3 is 30.5 Å². The van der Waals surface area contributed by atoms with Gasteiger partial charge in [0.2, 0.25) is 5.91 Å². The highest BCUT2D eigenvalue weighted by molar-refractivity contribution is 7.13. The molecule has 9 nitrogen and oxygen atoms in total. The van der Waals surface area contributed by atoms with Gasteiger partial charge in [0.1, 0.15) is 24.9 Å². The summed E-state index contributed by atoms with van der Waals surface area (Å²) in [6, 6.07) is 6.99. The van der Waals surface area contributed by atoms with Crippen LogP contribution in [0.5, 0.6) is 0 Å². The summed E-state index contributed by atoms with van der Waals surface area (Å²) in [5.74, 6) is -0.578. The van der Waals surface area contributed by atoms with E-state index in [1.807, 2.05) is 0 Å². The lowest BCUT2D eigenvalue weighted by atomic mass is 10.0. The molecule has 1 aromatic heterocycles. The number of nitrogens with one attached hydrogen (secondary N) is 1. The number of amides is 1. The van der Waals surface area contributed by atoms with E-state index in [1.54, 1.807) is 24.3 Å². The second-order valence-corrected chi connectivity index (χ2v) is 7.20. The summed E-state index contributed by atoms with van der Waals surface area (Å²) in [7, 11) is 0. The van der Waals surface area contributed by atoms with E-state index in [0.29, 0.717) is 5.39 Å². The summed E-state index contributed by atoms with van der Waals surface area (Å²) >= 11 is 1.15. The molecule has 3 unspecified atom stereocenters. The molecule has 5 N–H and O–H groups in total. The van der Waals surface area contributed by atoms with E-state index in [-0.39, 0.29) is 18.5 Å². The second kappa shape index (κ2) is 7.82. The van der Waals surface area contributed by atoms with Crippen LogP contribution < -0.4 is 10.9 Å². The Balaban J connectivity index is 1.72. The largest absolute Gasteiger partial charge is 0.394 e. The summed E-state index contributed by atoms with van der Waals surface area (Å²) in [6.45, 7) is -0.854. The number of fused-ring (bicyclic) bond motifs is 1. The Morgan fingerprint density at radius 3 is 2.69 bits per heavy atom. The highest BCUT2D eigenvalue weighted by Gasteiger charge is 2.38. The number of carbonyl (C=O) groups excluding carboxylic acids is 1. The number of rotatable bonds is 4. The summed E-state index contributed by atoms with van der Waals surface area (Å²) in [4.78, 5) is 24.6. The van der Waals surface area contributed by atoms with Crippen molar-refractivity contribution < 1.29 is 30.0 Å². The van der Waals surface area contributed by atoms with Crippen molar-refractivity contribution in [2.24, 2.45) is 0 Å². The number of aliphatic hydroxyl groups excluding tert-OH is 4. The van der Waals surface area contributed by atoms with Crippen LogP contribution in [0.3, 0.4) is 0 Å². The molecule has 0 bridgehead atoms. The standard InChI is InChI=1S/C16H20N2O7S/c19-7-11-14(23)9(20)5-10(21)15(25-11)17-13(22)6-18-16(24)8-3-1-2-4-12(8)26-18/h1-4,9-11,14-15,19-21,23H,5-7H2,(H,17,22)/t9?,10?,11?,14-,15-/m1/s1. The summed E-state index contributed by atoms with van der Waals surface area (Å²) in [5, 5.41) is 41.9. The third kappa shape index (κ3) is 3.80. The smallest absolute Gasteiger partial charge is 0.268 e. The van der Waals surface area contributed by atoms with Gasteiger partial charge in [0.25, 0.3) is 5.56 Å². The SMILES string of the molecule is O=C(Cn1sc2ccccc2c1=O)N[C@@H]1OC(CO)[C@H](O)C(O)CC1O. The van der Waals surface area contributed by atoms with E-state index in [1.165, 1.54) is 3.96 Å². The van der Waals surface area contributed by atoms with E-state index in [2.05, 4.69) is 5.32 Å². The van der Waals surface area contributed by atoms with Crippen molar-refractivity contribution in [1.82, 2.24) is 9.27 Å². The molecular formula is C16H20N2O7S. The Hall–Kier alpha value is -1.82. The predicted molar refractivity (Wildman–Crippen MR) is 92.6 cm³/mol. The molecule has 1 aliphatic rings. The maximum atomic E-state index is 12.3. The molecule has 1 aliphatic heterocycles. The molecule has 2 aromatic rings. The molecule has 1 fully saturated rings. The van der Waals surface area contributed by atoms with Gasteiger partial charge in [-0.1, -0.05) is 23.7 Å². The Bertz CT molecular complexity index is 835. The molecule has 0 spiro atoms. The molecule has 10 heteroatoms. The van der Waals surface area contributed by atoms with Gasteiger partial charge in [-0.2, -0.15) is 0 Å². The Labute approximate surface area is 152 Å². The number of benzene rings is 1. The molecule has 5 atom stereocenters. The minimum Gasteiger partial charge on any atom is -0.394 e. The molecule has 0 saturated carbocycles. The Kier molecular flexibility index (Phi) is 5.70. The fourth-order valence-corrected chi connectivity index (χ4v) is 3.85. The fraction of sp³-hybridized carbons (Fsp3) is 0.500. The number of hydrogen-bond donors (Lipinski definition) is 5. The molecular weight excluding hydrogens is 364 g/mol. The summed E-state index contributed by atoms with van der Waals surface area (Å²) in [5.41, 5.74) is -0.290. The molecule has 3 rings (SSSR count). The van der Waals surface area contributed by atoms with Crippen molar-refractivity contribution in [2.75, 3.05) is 6.61 Å². The topological polar surface area (TPSA) is 141 Å². The molecule has 0 radical (unpaired) electrons. The van der Waals surface area contributed by atoms with Crippen LogP contribution in [-0.4, -0.2) is 67.5 Å². The number of ether oxygens (including phenoxy) is 1. The third-order valence-electron chi connectivity index (χ3n) is 4.25. The van der Waals surface area contributed by atoms with Crippen LogP contribution in [0.25, 0.3) is 10.1 Å². The maximum absolute atomic E-state index is 12.3. The van der Waals surface area contributed by atoms with E-state index in [0.717, 1.165) is 16.2 Å². The zero-order valence-corrected chi connectivity index (χ0v) is 14.5. The first-order valence-corrected chi connectivity index (χ1v) is 8.86. The zero-order valence-electron chi connectivity index (χ0n) is 13.7. The van der Waals surface area contributed by atoms with Gasteiger partial charge in [-0.3, -0.25) is 13.5 Å². The van der Waals surface area contributed by atoms with E-state index in [4.69, 9.17) is 4.74 Å². The summed E-state index contributed by atoms with van der Waals surface area (Å²) < 4.78 is 7.37. The van der Waals surface area contributed by atoms with Crippen LogP contribution >= 0.6 is 11.5 Å². The van der Waals surface area contributed by atoms with Crippen molar-refractivity contribution in [3.8, 4) is 0 Å². The molecule has 1 amide bonds. The third-order valence-corrected chi connectivity index (χ3v) is 5.32. The highest BCUT2D eigenvalue weighted by atomic mass is 32.1. The van der Waals surface area contributed by atoms with Crippen LogP contribution in [0.4, 0.5) is 0 Å². The van der Waals surface area contributed by atoms with Crippen molar-refractivity contribution >= 4 is 27.5 Å². The Morgan fingerprint density at radius 1 is 1.27 bits per heavy atom. The number of carbonyl (C=O) groups is 1. The highest BCUT2D eigenvalue weighted by Crippen LogP contribution is 2.19. The van der Waals surface area contributed by atoms with Gasteiger partial charge in [-0.25, -0.2) is 0 Å². The molecule has 142 valence electrons. The van der Waals surface area contributed by atoms with E-state index >= 15 is 0 Å². The molecule has 1 aromatic carbocycles. The van der Waals surface area contributed by atoms with Gasteiger partial charge in [0.15, 0.2) is 6.23 Å². The Morgan fingerprint density at radius 2 is 2.00 bits per heavy atom. The summed E-state index contributed by atoms with van der Waals surface area (Å²) in [6.07, 6.45) is -6.57. The average molecular weight is 384 g/mol. The first-order valence-electron chi connectivity index (χ1n) is 8.09. The minimum absolute atomic E-state index is 0.231. The van der Waals surface area contributed by atoms with Crippen LogP contribution in [0, 0.1) is 0 Å². The van der Waals surface area contributed by atoms with Crippen LogP contribution in [0.1, 0.15) is 6.42 Å². The maximum Gasteiger partial charge on any atom is 0.268 e. The molecule has 1 saturated heterocycles. The van der Waals surface area contributed by atoms with Gasteiger partial charge in [-0.05, 0) is 12.1 Å². The number of aliphatic hydroxyl groups is 4. The quantitative estimate of drug-likeness (QED) is 0.426. The molecule has 0 aliphatic carbocycles. The lowest BCUT2D eigenvalue weighted by Crippen LogP contribution is -2.48. The van der Waals surface area contributed by atoms with Crippen LogP contribution in [0.2, 0.25) is 0 Å². The minimum atomic E-state index is -1.39. The van der Waals surface area contributed by atoms with Crippen molar-refractivity contribution in [1.29, 1.82) is 0 Å². The number of nitrogens with zero attached hydrogens (tertiary/aromatic N) is 1. The predicted octanol–water partition coefficient (Wildman–Crippen LogP) is -1.63. The van der Waals surface area contributed by atoms with Crippen molar-refractivity contribution in [2.45, 2.75) is 43.6 Å². The van der Waals surface area contributed by atoms with Crippen LogP contribution in [0.15, 0.2) is 29.1 Å². The van der Waals surface area contributed by atoms with Gasteiger partial charge in [0.05, 0.1) is 22.8 Å².